The van der Waals surface area contributed by atoms with E-state index in [4.69, 9.17) is 39.1 Å². The Hall–Kier alpha value is 0.810. The molecular weight excluding hydrogens is 721 g/mol. The van der Waals surface area contributed by atoms with Crippen LogP contribution in [0.5, 0.6) is 0 Å². The van der Waals surface area contributed by atoms with Crippen molar-refractivity contribution >= 4 is 54.8 Å². The number of phosphoric ester groups is 4. The van der Waals surface area contributed by atoms with Crippen LogP contribution >= 0.6 is 54.8 Å². The lowest BCUT2D eigenvalue weighted by molar-refractivity contribution is -0.208. The van der Waals surface area contributed by atoms with Gasteiger partial charge in [-0.2, -0.15) is 12.9 Å². The molecule has 0 amide bonds. The Morgan fingerprint density at radius 1 is 0.350 bits per heavy atom. The van der Waals surface area contributed by atoms with Gasteiger partial charge in [0.25, 0.3) is 0 Å². The Labute approximate surface area is 219 Å². The fraction of sp³-hybridized carbons (Fsp3) is 1.00. The van der Waals surface area contributed by atoms with E-state index in [1.165, 1.54) is 0 Å². The van der Waals surface area contributed by atoms with Crippen LogP contribution in [0.2, 0.25) is 0 Å². The molecule has 1 rings (SSSR count). The SMILES string of the molecule is O=P(O)(O)O[C@H]1[C@H](O)[C@@H](OP(=O)(O)OP(=O)(O)O)[C@H](OP(=O)(O)OP(=O)(O)O)[C@H](O)[C@@H]1OP(=O)(O)OP(=O)(O)O. The first kappa shape index (κ1) is 38.8. The molecule has 0 aliphatic heterocycles. The van der Waals surface area contributed by atoms with Crippen molar-refractivity contribution in [2.24, 2.45) is 0 Å². The van der Waals surface area contributed by atoms with E-state index in [1.807, 2.05) is 0 Å². The standard InChI is InChI=1S/C6H19O27P7/c7-1-3(27-34(9,10)11)4(28-38(21,22)31-35(12,13)14)2(8)6(30-40(25,26)33-37(18,19)20)5(1)29-39(23,24)32-36(15,16)17/h1-8H,(H,21,22)(H,23,24)(H,25,26)(H2,9,10,11)(H2,12,13,14)(H2,15,16,17)(H2,18,19,20)/t1-,2+,3-,4-,5+,6+/m0/s1. The van der Waals surface area contributed by atoms with Crippen LogP contribution in [-0.2, 0) is 63.0 Å². The summed E-state index contributed by atoms with van der Waals surface area (Å²) in [5, 5.41) is 21.0. The highest BCUT2D eigenvalue weighted by molar-refractivity contribution is 7.61. The van der Waals surface area contributed by atoms with E-state index in [2.05, 4.69) is 31.0 Å². The second kappa shape index (κ2) is 13.0. The lowest BCUT2D eigenvalue weighted by Gasteiger charge is -2.46. The summed E-state index contributed by atoms with van der Waals surface area (Å²) in [4.78, 5) is 99.1. The molecule has 1 aliphatic carbocycles. The predicted octanol–water partition coefficient (Wildman–Crippen LogP) is -3.02. The van der Waals surface area contributed by atoms with Gasteiger partial charge in [-0.15, -0.1) is 0 Å². The molecule has 13 N–H and O–H groups in total. The average molecular weight is 740 g/mol. The summed E-state index contributed by atoms with van der Waals surface area (Å²) in [6.45, 7) is 0. The zero-order chi connectivity index (χ0) is 31.9. The molecule has 0 spiro atoms. The molecule has 27 nitrogen and oxygen atoms in total. The third-order valence-electron chi connectivity index (χ3n) is 3.65. The Kier molecular flexibility index (Phi) is 12.7. The molecule has 3 unspecified atom stereocenters. The molecule has 0 aromatic carbocycles. The Morgan fingerprint density at radius 2 is 0.550 bits per heavy atom. The van der Waals surface area contributed by atoms with Crippen LogP contribution in [0.1, 0.15) is 0 Å². The summed E-state index contributed by atoms with van der Waals surface area (Å²) in [6, 6.07) is 0. The first-order valence-electron chi connectivity index (χ1n) is 8.76. The van der Waals surface area contributed by atoms with Gasteiger partial charge in [-0.3, -0.25) is 18.1 Å². The topological polar surface area (TPSA) is 447 Å². The van der Waals surface area contributed by atoms with E-state index in [-0.39, 0.29) is 0 Å². The van der Waals surface area contributed by atoms with Crippen molar-refractivity contribution in [2.45, 2.75) is 36.6 Å². The van der Waals surface area contributed by atoms with Crippen molar-refractivity contribution in [2.75, 3.05) is 0 Å². The zero-order valence-corrected chi connectivity index (χ0v) is 24.4. The molecule has 1 aliphatic rings. The maximum atomic E-state index is 12.0. The van der Waals surface area contributed by atoms with Crippen molar-refractivity contribution in [1.82, 2.24) is 0 Å². The minimum Gasteiger partial charge on any atom is -0.387 e. The van der Waals surface area contributed by atoms with Gasteiger partial charge < -0.3 is 64.0 Å². The second-order valence-electron chi connectivity index (χ2n) is 6.87. The van der Waals surface area contributed by atoms with Crippen LogP contribution in [0.4, 0.5) is 0 Å². The molecule has 0 aromatic heterocycles. The third kappa shape index (κ3) is 14.1. The highest BCUT2D eigenvalue weighted by Gasteiger charge is 2.60. The Bertz CT molecular complexity index is 1230. The highest BCUT2D eigenvalue weighted by Crippen LogP contribution is 2.64. The summed E-state index contributed by atoms with van der Waals surface area (Å²) in [5.41, 5.74) is 0. The average Bonchev–Trinajstić information content (AvgIpc) is 2.58. The monoisotopic (exact) mass is 740 g/mol. The third-order valence-corrected chi connectivity index (χ3v) is 10.7. The number of rotatable bonds is 14. The van der Waals surface area contributed by atoms with E-state index in [0.29, 0.717) is 0 Å². The molecule has 0 saturated heterocycles. The lowest BCUT2D eigenvalue weighted by atomic mass is 9.85. The van der Waals surface area contributed by atoms with Crippen LogP contribution in [0.3, 0.4) is 0 Å². The van der Waals surface area contributed by atoms with Gasteiger partial charge in [0.2, 0.25) is 0 Å². The molecule has 240 valence electrons. The van der Waals surface area contributed by atoms with Gasteiger partial charge in [0, 0.05) is 0 Å². The van der Waals surface area contributed by atoms with Gasteiger partial charge in [-0.1, -0.05) is 0 Å². The van der Waals surface area contributed by atoms with Crippen molar-refractivity contribution in [3.63, 3.8) is 0 Å². The first-order valence-corrected chi connectivity index (χ1v) is 19.4. The Balaban J connectivity index is 3.74. The molecule has 0 radical (unpaired) electrons. The van der Waals surface area contributed by atoms with Gasteiger partial charge >= 0.3 is 54.8 Å². The van der Waals surface area contributed by atoms with Crippen molar-refractivity contribution in [3.8, 4) is 0 Å². The maximum absolute atomic E-state index is 12.0. The fourth-order valence-corrected chi connectivity index (χ4v) is 8.63. The van der Waals surface area contributed by atoms with Crippen LogP contribution in [0.25, 0.3) is 0 Å². The van der Waals surface area contributed by atoms with E-state index in [9.17, 15) is 56.8 Å². The molecule has 40 heavy (non-hydrogen) atoms. The summed E-state index contributed by atoms with van der Waals surface area (Å²) < 4.78 is 107. The molecule has 0 heterocycles. The first-order chi connectivity index (χ1) is 17.3. The van der Waals surface area contributed by atoms with Crippen LogP contribution in [-0.4, -0.2) is 101 Å². The van der Waals surface area contributed by atoms with Crippen molar-refractivity contribution in [3.05, 3.63) is 0 Å². The fourth-order valence-electron chi connectivity index (χ4n) is 2.72. The summed E-state index contributed by atoms with van der Waals surface area (Å²) >= 11 is 0. The molecule has 1 saturated carbocycles. The summed E-state index contributed by atoms with van der Waals surface area (Å²) in [6.07, 6.45) is -19.0. The quantitative estimate of drug-likeness (QED) is 0.0788. The van der Waals surface area contributed by atoms with Gasteiger partial charge in [0.1, 0.15) is 36.6 Å². The van der Waals surface area contributed by atoms with Gasteiger partial charge in [0.05, 0.1) is 0 Å². The number of aliphatic hydroxyl groups excluding tert-OH is 2. The normalized spacial score (nSPS) is 31.6. The van der Waals surface area contributed by atoms with E-state index >= 15 is 0 Å². The minimum absolute atomic E-state index is 3.09. The molecule has 34 heteroatoms. The number of aliphatic hydroxyl groups is 2. The maximum Gasteiger partial charge on any atom is 0.481 e. The predicted molar refractivity (Wildman–Crippen MR) is 112 cm³/mol. The highest BCUT2D eigenvalue weighted by atomic mass is 31.3. The molecular formula is C6H19O27P7. The minimum atomic E-state index is -6.28. The molecule has 0 aromatic rings. The van der Waals surface area contributed by atoms with E-state index < -0.39 is 91.4 Å². The van der Waals surface area contributed by atoms with Crippen LogP contribution < -0.4 is 0 Å². The van der Waals surface area contributed by atoms with Gasteiger partial charge in [0.15, 0.2) is 0 Å². The van der Waals surface area contributed by atoms with E-state index in [1.54, 1.807) is 0 Å². The zero-order valence-electron chi connectivity index (χ0n) is 18.1. The lowest BCUT2D eigenvalue weighted by Crippen LogP contribution is -2.65. The molecule has 0 bridgehead atoms. The summed E-state index contributed by atoms with van der Waals surface area (Å²) in [7, 11) is -42.7. The van der Waals surface area contributed by atoms with Crippen molar-refractivity contribution < 1.29 is 127 Å². The number of hydrogen-bond donors (Lipinski definition) is 13. The largest absolute Gasteiger partial charge is 0.481 e. The number of hydrogen-bond acceptors (Lipinski definition) is 16. The Morgan fingerprint density at radius 3 is 0.725 bits per heavy atom. The van der Waals surface area contributed by atoms with Crippen molar-refractivity contribution in [1.29, 1.82) is 0 Å². The molecule has 9 atom stereocenters. The number of phosphoric acid groups is 7. The molecule has 1 fully saturated rings. The van der Waals surface area contributed by atoms with Gasteiger partial charge in [-0.25, -0.2) is 32.0 Å². The van der Waals surface area contributed by atoms with Crippen LogP contribution in [0, 0.1) is 0 Å². The van der Waals surface area contributed by atoms with Crippen LogP contribution in [0.15, 0.2) is 0 Å². The second-order valence-corrected chi connectivity index (χ2v) is 16.4. The smallest absolute Gasteiger partial charge is 0.387 e. The van der Waals surface area contributed by atoms with Gasteiger partial charge in [-0.05, 0) is 0 Å². The van der Waals surface area contributed by atoms with E-state index in [0.717, 1.165) is 0 Å². The summed E-state index contributed by atoms with van der Waals surface area (Å²) in [5.74, 6) is 0.